The van der Waals surface area contributed by atoms with E-state index in [1.807, 2.05) is 0 Å². The molecule has 0 aromatic carbocycles. The van der Waals surface area contributed by atoms with E-state index in [1.54, 1.807) is 0 Å². The smallest absolute Gasteiger partial charge is 0.327 e. The summed E-state index contributed by atoms with van der Waals surface area (Å²) >= 11 is 8.05. The first-order chi connectivity index (χ1) is 13.8. The number of carboxylic acid groups (broad SMARTS) is 1. The lowest BCUT2D eigenvalue weighted by atomic mass is 10.1. The highest BCUT2D eigenvalue weighted by Gasteiger charge is 2.30. The van der Waals surface area contributed by atoms with Crippen LogP contribution < -0.4 is 27.0 Å². The van der Waals surface area contributed by atoms with Crippen molar-refractivity contribution < 1.29 is 24.3 Å². The Morgan fingerprint density at radius 2 is 1.62 bits per heavy atom. The van der Waals surface area contributed by atoms with Gasteiger partial charge in [-0.3, -0.25) is 14.4 Å². The summed E-state index contributed by atoms with van der Waals surface area (Å²) in [6.45, 7) is 1.18. The van der Waals surface area contributed by atoms with Crippen molar-refractivity contribution >= 4 is 48.9 Å². The Morgan fingerprint density at radius 1 is 1.00 bits per heavy atom. The number of unbranched alkanes of at least 4 members (excludes halogenated alkanes) is 1. The molecule has 10 nitrogen and oxygen atoms in total. The molecular weight excluding hydrogens is 418 g/mol. The van der Waals surface area contributed by atoms with Crippen LogP contribution in [-0.4, -0.2) is 77.6 Å². The van der Waals surface area contributed by atoms with Crippen molar-refractivity contribution in [2.75, 3.05) is 24.6 Å². The van der Waals surface area contributed by atoms with Crippen LogP contribution in [0.4, 0.5) is 0 Å². The maximum absolute atomic E-state index is 12.6. The number of carboxylic acids is 1. The van der Waals surface area contributed by atoms with Gasteiger partial charge in [0.05, 0.1) is 6.04 Å². The van der Waals surface area contributed by atoms with Gasteiger partial charge in [0.2, 0.25) is 17.7 Å². The molecule has 1 aliphatic rings. The van der Waals surface area contributed by atoms with E-state index >= 15 is 0 Å². The number of thiol groups is 2. The number of aliphatic carboxylic acids is 1. The largest absolute Gasteiger partial charge is 0.480 e. The van der Waals surface area contributed by atoms with Gasteiger partial charge in [0.15, 0.2) is 0 Å². The lowest BCUT2D eigenvalue weighted by molar-refractivity contribution is -0.141. The van der Waals surface area contributed by atoms with Gasteiger partial charge < -0.3 is 32.1 Å². The Bertz CT molecular complexity index is 574. The van der Waals surface area contributed by atoms with Crippen LogP contribution in [0.15, 0.2) is 0 Å². The molecule has 4 unspecified atom stereocenters. The highest BCUT2D eigenvalue weighted by molar-refractivity contribution is 7.80. The molecule has 0 saturated carbocycles. The minimum atomic E-state index is -1.22. The molecule has 4 atom stereocenters. The molecule has 1 aliphatic heterocycles. The van der Waals surface area contributed by atoms with Crippen molar-refractivity contribution in [3.8, 4) is 0 Å². The molecule has 1 saturated heterocycles. The van der Waals surface area contributed by atoms with E-state index in [4.69, 9.17) is 10.8 Å². The van der Waals surface area contributed by atoms with Crippen molar-refractivity contribution in [1.82, 2.24) is 21.3 Å². The van der Waals surface area contributed by atoms with Gasteiger partial charge in [0, 0.05) is 11.5 Å². The fraction of sp³-hybridized carbons (Fsp3) is 0.765. The number of nitrogens with one attached hydrogen (secondary N) is 4. The lowest BCUT2D eigenvalue weighted by Crippen LogP contribution is -2.57. The molecule has 1 heterocycles. The first kappa shape index (κ1) is 25.5. The second kappa shape index (κ2) is 13.7. The maximum atomic E-state index is 12.6. The van der Waals surface area contributed by atoms with Gasteiger partial charge in [0.25, 0.3) is 0 Å². The van der Waals surface area contributed by atoms with Crippen molar-refractivity contribution in [2.45, 2.75) is 56.3 Å². The topological polar surface area (TPSA) is 163 Å². The molecule has 7 N–H and O–H groups in total. The van der Waals surface area contributed by atoms with E-state index in [0.29, 0.717) is 25.8 Å². The van der Waals surface area contributed by atoms with E-state index in [1.165, 1.54) is 0 Å². The Labute approximate surface area is 181 Å². The van der Waals surface area contributed by atoms with Crippen LogP contribution >= 0.6 is 25.3 Å². The summed E-state index contributed by atoms with van der Waals surface area (Å²) in [4.78, 5) is 48.5. The van der Waals surface area contributed by atoms with E-state index in [0.717, 1.165) is 13.0 Å². The average molecular weight is 450 g/mol. The molecule has 3 amide bonds. The first-order valence-corrected chi connectivity index (χ1v) is 10.9. The number of carbonyl (C=O) groups excluding carboxylic acids is 3. The molecule has 0 aromatic rings. The fourth-order valence-electron chi connectivity index (χ4n) is 2.87. The summed E-state index contributed by atoms with van der Waals surface area (Å²) < 4.78 is 0. The second-order valence-electron chi connectivity index (χ2n) is 6.82. The van der Waals surface area contributed by atoms with Crippen LogP contribution in [0.5, 0.6) is 0 Å². The van der Waals surface area contributed by atoms with Crippen LogP contribution in [0.2, 0.25) is 0 Å². The van der Waals surface area contributed by atoms with Gasteiger partial charge in [-0.15, -0.1) is 0 Å². The molecule has 1 rings (SSSR count). The summed E-state index contributed by atoms with van der Waals surface area (Å²) in [6.07, 6.45) is 3.07. The number of carbonyl (C=O) groups is 4. The van der Waals surface area contributed by atoms with Crippen LogP contribution in [0, 0.1) is 0 Å². The molecular formula is C17H31N5O5S2. The van der Waals surface area contributed by atoms with Gasteiger partial charge in [0.1, 0.15) is 18.1 Å². The maximum Gasteiger partial charge on any atom is 0.327 e. The highest BCUT2D eigenvalue weighted by Crippen LogP contribution is 2.06. The SMILES string of the molecule is NCCCCC(NC(=O)C(CS)NC(=O)C1CCCN1)C(=O)NC(CS)C(=O)O. The second-order valence-corrected chi connectivity index (χ2v) is 7.55. The Hall–Kier alpha value is -1.50. The number of rotatable bonds is 13. The molecule has 0 aliphatic carbocycles. The molecule has 12 heteroatoms. The quantitative estimate of drug-likeness (QED) is 0.122. The highest BCUT2D eigenvalue weighted by atomic mass is 32.1. The number of nitrogens with two attached hydrogens (primary N) is 1. The van der Waals surface area contributed by atoms with Crippen molar-refractivity contribution in [3.63, 3.8) is 0 Å². The minimum absolute atomic E-state index is 0.0514. The summed E-state index contributed by atoms with van der Waals surface area (Å²) in [7, 11) is 0. The van der Waals surface area contributed by atoms with Crippen LogP contribution in [-0.2, 0) is 19.2 Å². The van der Waals surface area contributed by atoms with Crippen molar-refractivity contribution in [1.29, 1.82) is 0 Å². The minimum Gasteiger partial charge on any atom is -0.480 e. The van der Waals surface area contributed by atoms with Crippen LogP contribution in [0.25, 0.3) is 0 Å². The third kappa shape index (κ3) is 8.81. The normalized spacial score (nSPS) is 19.1. The Balaban J connectivity index is 2.74. The van der Waals surface area contributed by atoms with Gasteiger partial charge in [-0.25, -0.2) is 4.79 Å². The van der Waals surface area contributed by atoms with Gasteiger partial charge >= 0.3 is 5.97 Å². The zero-order chi connectivity index (χ0) is 21.8. The molecule has 1 fully saturated rings. The standard InChI is InChI=1S/C17H31N5O5S2/c18-6-2-1-4-11(15(24)22-13(9-29)17(26)27)20-16(25)12(8-28)21-14(23)10-5-3-7-19-10/h10-13,19,28-29H,1-9,18H2,(H,20,25)(H,21,23)(H,22,24)(H,26,27). The van der Waals surface area contributed by atoms with E-state index in [-0.39, 0.29) is 29.9 Å². The van der Waals surface area contributed by atoms with Gasteiger partial charge in [-0.1, -0.05) is 0 Å². The number of hydrogen-bond donors (Lipinski definition) is 8. The van der Waals surface area contributed by atoms with E-state index < -0.39 is 35.9 Å². The first-order valence-electron chi connectivity index (χ1n) is 9.63. The van der Waals surface area contributed by atoms with Crippen molar-refractivity contribution in [3.05, 3.63) is 0 Å². The van der Waals surface area contributed by atoms with Crippen molar-refractivity contribution in [2.24, 2.45) is 5.73 Å². The summed E-state index contributed by atoms with van der Waals surface area (Å²) in [5.41, 5.74) is 5.48. The van der Waals surface area contributed by atoms with Gasteiger partial charge in [-0.05, 0) is 45.2 Å². The molecule has 0 spiro atoms. The zero-order valence-electron chi connectivity index (χ0n) is 16.2. The van der Waals surface area contributed by atoms with Crippen LogP contribution in [0.3, 0.4) is 0 Å². The molecule has 0 radical (unpaired) electrons. The molecule has 29 heavy (non-hydrogen) atoms. The van der Waals surface area contributed by atoms with E-state index in [9.17, 15) is 19.2 Å². The number of amides is 3. The average Bonchev–Trinajstić information content (AvgIpc) is 3.23. The summed E-state index contributed by atoms with van der Waals surface area (Å²) in [5.74, 6) is -2.73. The third-order valence-electron chi connectivity index (χ3n) is 4.57. The summed E-state index contributed by atoms with van der Waals surface area (Å²) in [5, 5.41) is 19.8. The number of hydrogen-bond acceptors (Lipinski definition) is 8. The van der Waals surface area contributed by atoms with Crippen LogP contribution in [0.1, 0.15) is 32.1 Å². The Morgan fingerprint density at radius 3 is 2.14 bits per heavy atom. The van der Waals surface area contributed by atoms with Gasteiger partial charge in [-0.2, -0.15) is 25.3 Å². The Kier molecular flexibility index (Phi) is 12.0. The molecule has 0 bridgehead atoms. The third-order valence-corrected chi connectivity index (χ3v) is 5.30. The lowest BCUT2D eigenvalue weighted by Gasteiger charge is -2.24. The predicted molar refractivity (Wildman–Crippen MR) is 115 cm³/mol. The fourth-order valence-corrected chi connectivity index (χ4v) is 3.37. The predicted octanol–water partition coefficient (Wildman–Crippen LogP) is -1.73. The summed E-state index contributed by atoms with van der Waals surface area (Å²) in [6, 6.07) is -3.40. The molecule has 0 aromatic heterocycles. The molecule has 166 valence electrons. The zero-order valence-corrected chi connectivity index (χ0v) is 18.0. The monoisotopic (exact) mass is 449 g/mol. The van der Waals surface area contributed by atoms with E-state index in [2.05, 4.69) is 46.5 Å².